The Kier molecular flexibility index (Phi) is 7.45. The fraction of sp³-hybridized carbons (Fsp3) is 0.423. The number of hydrogen-bond donors (Lipinski definition) is 2. The van der Waals surface area contributed by atoms with Crippen LogP contribution in [0.5, 0.6) is 0 Å². The van der Waals surface area contributed by atoms with E-state index in [1.807, 2.05) is 19.1 Å². The van der Waals surface area contributed by atoms with Crippen molar-refractivity contribution in [3.8, 4) is 0 Å². The van der Waals surface area contributed by atoms with Gasteiger partial charge in [0.05, 0.1) is 28.3 Å². The first-order valence-corrected chi connectivity index (χ1v) is 12.2. The van der Waals surface area contributed by atoms with Crippen LogP contribution >= 0.6 is 11.6 Å². The van der Waals surface area contributed by atoms with Crippen LogP contribution in [0.2, 0.25) is 5.02 Å². The molecule has 1 aromatic carbocycles. The number of aromatic nitrogens is 1. The highest BCUT2D eigenvalue weighted by atomic mass is 35.5. The standard InChI is InChI=1S/C26H25ClF5N3O2/c1-2-18-13-17(14-34-18)15-4-3-5-16(12-15)22(24(37)7-9-25(28,29)10-8-24)35-23(36)21-20(27)19(6-11-33-21)26(30,31)32/h3-6,11-14,18,22,37H,2,7-10H2,1H3,(H,35,36). The van der Waals surface area contributed by atoms with Crippen LogP contribution in [-0.4, -0.2) is 39.8 Å². The minimum Gasteiger partial charge on any atom is -0.387 e. The fourth-order valence-corrected chi connectivity index (χ4v) is 4.95. The smallest absolute Gasteiger partial charge is 0.387 e. The minimum atomic E-state index is -4.82. The van der Waals surface area contributed by atoms with Gasteiger partial charge < -0.3 is 10.4 Å². The molecule has 0 bridgehead atoms. The lowest BCUT2D eigenvalue weighted by molar-refractivity contribution is -0.137. The summed E-state index contributed by atoms with van der Waals surface area (Å²) in [5, 5.41) is 13.1. The van der Waals surface area contributed by atoms with Crippen molar-refractivity contribution in [3.63, 3.8) is 0 Å². The molecule has 0 spiro atoms. The molecule has 2 aromatic rings. The van der Waals surface area contributed by atoms with Crippen molar-refractivity contribution < 1.29 is 31.9 Å². The Labute approximate surface area is 215 Å². The molecule has 0 saturated heterocycles. The van der Waals surface area contributed by atoms with Gasteiger partial charge in [-0.05, 0) is 48.1 Å². The van der Waals surface area contributed by atoms with E-state index in [0.29, 0.717) is 11.6 Å². The van der Waals surface area contributed by atoms with E-state index < -0.39 is 58.8 Å². The summed E-state index contributed by atoms with van der Waals surface area (Å²) in [6.45, 7) is 1.99. The maximum atomic E-state index is 13.9. The van der Waals surface area contributed by atoms with Gasteiger partial charge in [0, 0.05) is 25.3 Å². The molecule has 2 heterocycles. The second-order valence-corrected chi connectivity index (χ2v) is 9.76. The third kappa shape index (κ3) is 5.85. The molecule has 1 aliphatic carbocycles. The maximum absolute atomic E-state index is 13.9. The molecule has 198 valence electrons. The number of benzene rings is 1. The third-order valence-corrected chi connectivity index (χ3v) is 7.20. The second kappa shape index (κ2) is 10.1. The number of rotatable bonds is 6. The molecule has 4 rings (SSSR count). The van der Waals surface area contributed by atoms with Gasteiger partial charge in [0.15, 0.2) is 0 Å². The Morgan fingerprint density at radius 2 is 1.92 bits per heavy atom. The highest BCUT2D eigenvalue weighted by molar-refractivity contribution is 6.34. The van der Waals surface area contributed by atoms with Crippen LogP contribution < -0.4 is 5.32 Å². The highest BCUT2D eigenvalue weighted by Gasteiger charge is 2.48. The minimum absolute atomic E-state index is 0.0213. The van der Waals surface area contributed by atoms with Crippen LogP contribution in [0.3, 0.4) is 0 Å². The van der Waals surface area contributed by atoms with Crippen molar-refractivity contribution in [1.82, 2.24) is 10.3 Å². The maximum Gasteiger partial charge on any atom is 0.417 e. The number of carbonyl (C=O) groups is 1. The molecule has 1 fully saturated rings. The first-order valence-electron chi connectivity index (χ1n) is 11.8. The van der Waals surface area contributed by atoms with E-state index in [1.54, 1.807) is 24.4 Å². The number of alkyl halides is 5. The number of hydrogen-bond acceptors (Lipinski definition) is 4. The van der Waals surface area contributed by atoms with Crippen molar-refractivity contribution in [3.05, 3.63) is 70.0 Å². The molecule has 5 nitrogen and oxygen atoms in total. The quantitative estimate of drug-likeness (QED) is 0.415. The molecule has 1 amide bonds. The Morgan fingerprint density at radius 3 is 2.54 bits per heavy atom. The number of pyridine rings is 1. The summed E-state index contributed by atoms with van der Waals surface area (Å²) < 4.78 is 67.8. The topological polar surface area (TPSA) is 74.6 Å². The average Bonchev–Trinajstić information content (AvgIpc) is 3.33. The average molecular weight is 542 g/mol. The predicted octanol–water partition coefficient (Wildman–Crippen LogP) is 6.41. The number of nitrogens with one attached hydrogen (secondary N) is 1. The monoisotopic (exact) mass is 541 g/mol. The van der Waals surface area contributed by atoms with Crippen LogP contribution in [0.25, 0.3) is 5.57 Å². The van der Waals surface area contributed by atoms with E-state index in [0.717, 1.165) is 23.8 Å². The molecule has 2 aliphatic rings. The van der Waals surface area contributed by atoms with Gasteiger partial charge in [-0.15, -0.1) is 0 Å². The van der Waals surface area contributed by atoms with Crippen molar-refractivity contribution in [1.29, 1.82) is 0 Å². The van der Waals surface area contributed by atoms with E-state index in [-0.39, 0.29) is 18.9 Å². The highest BCUT2D eigenvalue weighted by Crippen LogP contribution is 2.45. The number of allylic oxidation sites excluding steroid dienone is 1. The Bertz CT molecular complexity index is 1230. The van der Waals surface area contributed by atoms with Crippen LogP contribution in [0.15, 0.2) is 47.6 Å². The molecule has 1 saturated carbocycles. The van der Waals surface area contributed by atoms with Gasteiger partial charge in [0.2, 0.25) is 5.92 Å². The van der Waals surface area contributed by atoms with Crippen molar-refractivity contribution in [2.24, 2.45) is 4.99 Å². The summed E-state index contributed by atoms with van der Waals surface area (Å²) in [5.41, 5.74) is -1.75. The predicted molar refractivity (Wildman–Crippen MR) is 130 cm³/mol. The summed E-state index contributed by atoms with van der Waals surface area (Å²) in [6, 6.07) is 6.27. The number of amides is 1. The van der Waals surface area contributed by atoms with Crippen LogP contribution in [0, 0.1) is 0 Å². The van der Waals surface area contributed by atoms with Crippen LogP contribution in [0.4, 0.5) is 22.0 Å². The fourth-order valence-electron chi connectivity index (χ4n) is 4.65. The third-order valence-electron chi connectivity index (χ3n) is 6.82. The molecule has 1 aromatic heterocycles. The molecule has 0 radical (unpaired) electrons. The van der Waals surface area contributed by atoms with Gasteiger partial charge in [0.1, 0.15) is 5.69 Å². The zero-order valence-electron chi connectivity index (χ0n) is 19.8. The van der Waals surface area contributed by atoms with Crippen molar-refractivity contribution in [2.75, 3.05) is 0 Å². The summed E-state index contributed by atoms with van der Waals surface area (Å²) in [5.74, 6) is -4.03. The van der Waals surface area contributed by atoms with Gasteiger partial charge in [-0.25, -0.2) is 13.8 Å². The molecule has 2 atom stereocenters. The van der Waals surface area contributed by atoms with E-state index in [9.17, 15) is 31.9 Å². The molecule has 2 unspecified atom stereocenters. The Hall–Kier alpha value is -2.85. The lowest BCUT2D eigenvalue weighted by Gasteiger charge is -2.42. The lowest BCUT2D eigenvalue weighted by Crippen LogP contribution is -2.50. The molecule has 1 aliphatic heterocycles. The van der Waals surface area contributed by atoms with E-state index in [2.05, 4.69) is 15.3 Å². The molecule has 2 N–H and O–H groups in total. The molecule has 11 heteroatoms. The van der Waals surface area contributed by atoms with Gasteiger partial charge in [0.25, 0.3) is 5.91 Å². The molecular weight excluding hydrogens is 517 g/mol. The normalized spacial score (nSPS) is 21.4. The lowest BCUT2D eigenvalue weighted by atomic mass is 9.75. The van der Waals surface area contributed by atoms with Gasteiger partial charge in [-0.3, -0.25) is 9.79 Å². The Morgan fingerprint density at radius 1 is 1.22 bits per heavy atom. The number of aliphatic hydroxyl groups is 1. The SMILES string of the molecule is CCC1C=C(c2cccc(C(NC(=O)c3nccc(C(F)(F)F)c3Cl)C3(O)CCC(F)(F)CC3)c2)C=N1. The summed E-state index contributed by atoms with van der Waals surface area (Å²) in [7, 11) is 0. The summed E-state index contributed by atoms with van der Waals surface area (Å²) in [6.07, 6.45) is -1.40. The first-order chi connectivity index (χ1) is 17.3. The van der Waals surface area contributed by atoms with E-state index in [4.69, 9.17) is 11.6 Å². The molecule has 37 heavy (non-hydrogen) atoms. The van der Waals surface area contributed by atoms with Crippen LogP contribution in [0.1, 0.15) is 72.2 Å². The number of carbonyl (C=O) groups excluding carboxylic acids is 1. The number of aliphatic imine (C=N–C) groups is 1. The zero-order valence-corrected chi connectivity index (χ0v) is 20.6. The molecular formula is C26H25ClF5N3O2. The summed E-state index contributed by atoms with van der Waals surface area (Å²) >= 11 is 5.89. The van der Waals surface area contributed by atoms with Crippen molar-refractivity contribution >= 4 is 29.3 Å². The van der Waals surface area contributed by atoms with Gasteiger partial charge >= 0.3 is 6.18 Å². The van der Waals surface area contributed by atoms with E-state index in [1.165, 1.54) is 0 Å². The van der Waals surface area contributed by atoms with Crippen LogP contribution in [-0.2, 0) is 6.18 Å². The number of halogens is 6. The zero-order chi connectivity index (χ0) is 27.0. The number of nitrogens with zero attached hydrogens (tertiary/aromatic N) is 2. The second-order valence-electron chi connectivity index (χ2n) is 9.39. The van der Waals surface area contributed by atoms with E-state index >= 15 is 0 Å². The van der Waals surface area contributed by atoms with Crippen molar-refractivity contribution in [2.45, 2.75) is 68.8 Å². The summed E-state index contributed by atoms with van der Waals surface area (Å²) in [4.78, 5) is 21.3. The van der Waals surface area contributed by atoms with Gasteiger partial charge in [-0.2, -0.15) is 13.2 Å². The largest absolute Gasteiger partial charge is 0.417 e. The first kappa shape index (κ1) is 27.2. The Balaban J connectivity index is 1.72. The van der Waals surface area contributed by atoms with Gasteiger partial charge in [-0.1, -0.05) is 42.8 Å².